The maximum atomic E-state index is 12.9. The van der Waals surface area contributed by atoms with E-state index in [1.807, 2.05) is 11.3 Å². The van der Waals surface area contributed by atoms with Gasteiger partial charge in [-0.15, -0.1) is 32.9 Å². The van der Waals surface area contributed by atoms with Crippen LogP contribution < -0.4 is 5.32 Å². The minimum Gasteiger partial charge on any atom is -0.316 e. The van der Waals surface area contributed by atoms with E-state index in [0.29, 0.717) is 16.5 Å². The topological polar surface area (TPSA) is 83.6 Å². The molecule has 1 N–H and O–H groups in total. The van der Waals surface area contributed by atoms with Crippen LogP contribution in [0.2, 0.25) is 0 Å². The molecule has 0 fully saturated rings. The second-order valence-electron chi connectivity index (χ2n) is 10.3. The molecule has 0 aromatic carbocycles. The molecule has 190 valence electrons. The molecule has 2 unspecified atom stereocenters. The second kappa shape index (κ2) is 10.7. The molecule has 0 saturated carbocycles. The Morgan fingerprint density at radius 1 is 1.25 bits per heavy atom. The lowest BCUT2D eigenvalue weighted by Crippen LogP contribution is -2.15. The maximum Gasteiger partial charge on any atom is 0.235 e. The van der Waals surface area contributed by atoms with E-state index in [-0.39, 0.29) is 17.7 Å². The van der Waals surface area contributed by atoms with E-state index in [9.17, 15) is 10.1 Å². The summed E-state index contributed by atoms with van der Waals surface area (Å²) in [6.45, 7) is 8.82. The summed E-state index contributed by atoms with van der Waals surface area (Å²) in [6.07, 6.45) is 7.68. The smallest absolute Gasteiger partial charge is 0.235 e. The summed E-state index contributed by atoms with van der Waals surface area (Å²) >= 11 is 4.84. The van der Waals surface area contributed by atoms with Gasteiger partial charge in [-0.3, -0.25) is 9.36 Å². The first kappa shape index (κ1) is 25.5. The molecule has 3 aromatic rings. The quantitative estimate of drug-likeness (QED) is 0.331. The van der Waals surface area contributed by atoms with E-state index in [2.05, 4.69) is 59.2 Å². The molecule has 36 heavy (non-hydrogen) atoms. The van der Waals surface area contributed by atoms with Crippen LogP contribution in [0.3, 0.4) is 0 Å². The van der Waals surface area contributed by atoms with Crippen molar-refractivity contribution in [2.45, 2.75) is 83.8 Å². The summed E-state index contributed by atoms with van der Waals surface area (Å²) in [7, 11) is 0. The lowest BCUT2D eigenvalue weighted by molar-refractivity contribution is -0.113. The number of amides is 1. The van der Waals surface area contributed by atoms with Crippen LogP contribution in [0.15, 0.2) is 10.5 Å². The standard InChI is InChI=1S/C27H33N5OS3/c1-5-17-7-9-18-20(12-28)26(36-23(18)11-17)29-24(33)14-35-27-31-30-25(32(27)15(2)3)21-13-34-22-10-16(4)6-8-19(21)22/h13,15-17H,5-11,14H2,1-4H3,(H,29,33). The predicted octanol–water partition coefficient (Wildman–Crippen LogP) is 6.89. The van der Waals surface area contributed by atoms with Gasteiger partial charge in [0.1, 0.15) is 11.1 Å². The van der Waals surface area contributed by atoms with Gasteiger partial charge in [-0.25, -0.2) is 0 Å². The largest absolute Gasteiger partial charge is 0.316 e. The Hall–Kier alpha value is -2.15. The molecule has 6 nitrogen and oxygen atoms in total. The van der Waals surface area contributed by atoms with Crippen molar-refractivity contribution in [2.24, 2.45) is 11.8 Å². The van der Waals surface area contributed by atoms with Crippen molar-refractivity contribution < 1.29 is 4.79 Å². The van der Waals surface area contributed by atoms with Crippen molar-refractivity contribution in [1.82, 2.24) is 14.8 Å². The van der Waals surface area contributed by atoms with E-state index in [4.69, 9.17) is 0 Å². The molecule has 0 radical (unpaired) electrons. The zero-order valence-electron chi connectivity index (χ0n) is 21.4. The molecule has 3 aromatic heterocycles. The molecule has 0 bridgehead atoms. The van der Waals surface area contributed by atoms with Gasteiger partial charge >= 0.3 is 0 Å². The van der Waals surface area contributed by atoms with Crippen molar-refractivity contribution in [2.75, 3.05) is 11.1 Å². The van der Waals surface area contributed by atoms with Crippen molar-refractivity contribution in [3.8, 4) is 17.5 Å². The minimum atomic E-state index is -0.108. The van der Waals surface area contributed by atoms with Gasteiger partial charge in [0.15, 0.2) is 11.0 Å². The Labute approximate surface area is 225 Å². The van der Waals surface area contributed by atoms with E-state index in [1.54, 1.807) is 11.3 Å². The minimum absolute atomic E-state index is 0.108. The number of thiophene rings is 2. The van der Waals surface area contributed by atoms with E-state index < -0.39 is 0 Å². The highest BCUT2D eigenvalue weighted by Crippen LogP contribution is 2.41. The highest BCUT2D eigenvalue weighted by atomic mass is 32.2. The highest BCUT2D eigenvalue weighted by molar-refractivity contribution is 7.99. The number of carbonyl (C=O) groups excluding carboxylic acids is 1. The van der Waals surface area contributed by atoms with Crippen molar-refractivity contribution in [1.29, 1.82) is 5.26 Å². The van der Waals surface area contributed by atoms with Crippen molar-refractivity contribution in [3.63, 3.8) is 0 Å². The summed E-state index contributed by atoms with van der Waals surface area (Å²) < 4.78 is 2.16. The first-order valence-corrected chi connectivity index (χ1v) is 15.6. The Morgan fingerprint density at radius 3 is 2.81 bits per heavy atom. The molecule has 3 heterocycles. The van der Waals surface area contributed by atoms with Crippen LogP contribution in [-0.4, -0.2) is 26.4 Å². The van der Waals surface area contributed by atoms with Crippen LogP contribution in [0.4, 0.5) is 5.00 Å². The monoisotopic (exact) mass is 539 g/mol. The molecule has 0 spiro atoms. The number of nitriles is 1. The number of hydrogen-bond donors (Lipinski definition) is 1. The van der Waals surface area contributed by atoms with Crippen LogP contribution in [0.5, 0.6) is 0 Å². The molecule has 9 heteroatoms. The number of anilines is 1. The molecule has 2 atom stereocenters. The van der Waals surface area contributed by atoms with E-state index in [1.165, 1.54) is 39.1 Å². The predicted molar refractivity (Wildman–Crippen MR) is 149 cm³/mol. The van der Waals surface area contributed by atoms with Gasteiger partial charge in [0.25, 0.3) is 0 Å². The number of fused-ring (bicyclic) bond motifs is 2. The Kier molecular flexibility index (Phi) is 7.57. The number of hydrogen-bond acceptors (Lipinski definition) is 7. The van der Waals surface area contributed by atoms with Gasteiger partial charge in [-0.05, 0) is 75.3 Å². The van der Waals surface area contributed by atoms with Crippen molar-refractivity contribution in [3.05, 3.63) is 31.8 Å². The molecule has 2 aliphatic carbocycles. The molecular weight excluding hydrogens is 507 g/mol. The fourth-order valence-electron chi connectivity index (χ4n) is 5.39. The normalized spacial score (nSPS) is 19.1. The fraction of sp³-hybridized carbons (Fsp3) is 0.556. The first-order valence-electron chi connectivity index (χ1n) is 12.9. The van der Waals surface area contributed by atoms with E-state index in [0.717, 1.165) is 61.0 Å². The number of rotatable bonds is 7. The van der Waals surface area contributed by atoms with Crippen LogP contribution >= 0.6 is 34.4 Å². The zero-order valence-corrected chi connectivity index (χ0v) is 23.8. The summed E-state index contributed by atoms with van der Waals surface area (Å²) in [6, 6.07) is 2.53. The van der Waals surface area contributed by atoms with Crippen LogP contribution in [0, 0.1) is 23.2 Å². The van der Waals surface area contributed by atoms with Crippen LogP contribution in [0.1, 0.15) is 79.4 Å². The maximum absolute atomic E-state index is 12.9. The number of carbonyl (C=O) groups is 1. The molecule has 0 aliphatic heterocycles. The highest BCUT2D eigenvalue weighted by Gasteiger charge is 2.27. The van der Waals surface area contributed by atoms with Crippen LogP contribution in [0.25, 0.3) is 11.4 Å². The van der Waals surface area contributed by atoms with Gasteiger partial charge in [-0.1, -0.05) is 32.0 Å². The van der Waals surface area contributed by atoms with Crippen molar-refractivity contribution >= 4 is 45.3 Å². The molecular formula is C27H33N5OS3. The molecule has 0 saturated heterocycles. The fourth-order valence-corrected chi connectivity index (χ4v) is 8.83. The van der Waals surface area contributed by atoms with Gasteiger partial charge in [0, 0.05) is 26.7 Å². The van der Waals surface area contributed by atoms with E-state index >= 15 is 0 Å². The molecule has 1 amide bonds. The molecule has 5 rings (SSSR count). The number of thioether (sulfide) groups is 1. The average Bonchev–Trinajstić information content (AvgIpc) is 3.56. The van der Waals surface area contributed by atoms with Gasteiger partial charge in [0.2, 0.25) is 5.91 Å². The second-order valence-corrected chi connectivity index (χ2v) is 13.4. The molecule has 2 aliphatic rings. The lowest BCUT2D eigenvalue weighted by atomic mass is 9.86. The number of nitrogens with zero attached hydrogens (tertiary/aromatic N) is 4. The first-order chi connectivity index (χ1) is 17.4. The summed E-state index contributed by atoms with van der Waals surface area (Å²) in [4.78, 5) is 15.7. The number of nitrogens with one attached hydrogen (secondary N) is 1. The van der Waals surface area contributed by atoms with Gasteiger partial charge in [0.05, 0.1) is 11.3 Å². The summed E-state index contributed by atoms with van der Waals surface area (Å²) in [5.41, 5.74) is 4.44. The Morgan fingerprint density at radius 2 is 2.06 bits per heavy atom. The van der Waals surface area contributed by atoms with Gasteiger partial charge in [-0.2, -0.15) is 5.26 Å². The zero-order chi connectivity index (χ0) is 25.4. The third kappa shape index (κ3) is 4.88. The third-order valence-electron chi connectivity index (χ3n) is 7.47. The summed E-state index contributed by atoms with van der Waals surface area (Å²) in [5, 5.41) is 25.6. The number of aromatic nitrogens is 3. The summed E-state index contributed by atoms with van der Waals surface area (Å²) in [5.74, 6) is 2.44. The third-order valence-corrected chi connectivity index (χ3v) is 10.6. The SMILES string of the molecule is CCC1CCc2c(sc(NC(=O)CSc3nnc(-c4csc5c4CCC(C)C5)n3C(C)C)c2C#N)C1. The van der Waals surface area contributed by atoms with Crippen LogP contribution in [-0.2, 0) is 30.5 Å². The average molecular weight is 540 g/mol. The Balaban J connectivity index is 1.31. The lowest BCUT2D eigenvalue weighted by Gasteiger charge is -2.20. The Bertz CT molecular complexity index is 1310. The van der Waals surface area contributed by atoms with Gasteiger partial charge < -0.3 is 5.32 Å².